The van der Waals surface area contributed by atoms with E-state index in [-0.39, 0.29) is 17.6 Å². The third kappa shape index (κ3) is 4.04. The van der Waals surface area contributed by atoms with Gasteiger partial charge in [-0.1, -0.05) is 24.3 Å². The van der Waals surface area contributed by atoms with Gasteiger partial charge in [-0.3, -0.25) is 14.9 Å². The molecule has 0 spiro atoms. The lowest BCUT2D eigenvalue weighted by Gasteiger charge is -2.26. The van der Waals surface area contributed by atoms with Crippen molar-refractivity contribution in [2.45, 2.75) is 32.0 Å². The summed E-state index contributed by atoms with van der Waals surface area (Å²) in [6, 6.07) is 15.2. The van der Waals surface area contributed by atoms with Crippen LogP contribution in [0.25, 0.3) is 21.8 Å². The Morgan fingerprint density at radius 1 is 0.839 bits per heavy atom. The van der Waals surface area contributed by atoms with Crippen LogP contribution in [0.4, 0.5) is 0 Å². The molecule has 0 amide bonds. The highest BCUT2D eigenvalue weighted by molar-refractivity contribution is 5.88. The summed E-state index contributed by atoms with van der Waals surface area (Å²) in [7, 11) is 0. The molecule has 0 bridgehead atoms. The summed E-state index contributed by atoms with van der Waals surface area (Å²) in [6.07, 6.45) is 5.77. The number of phenols is 2. The Kier molecular flexibility index (Phi) is 5.40. The number of aromatic hydroxyl groups is 2. The molecule has 6 heteroatoms. The first-order chi connectivity index (χ1) is 15.2. The van der Waals surface area contributed by atoms with Gasteiger partial charge in [-0.15, -0.1) is 0 Å². The van der Waals surface area contributed by atoms with E-state index in [0.717, 1.165) is 47.9 Å². The fraction of sp³-hybridized carbons (Fsp3) is 0.280. The molecule has 5 rings (SSSR count). The Balaban J connectivity index is 1.50. The predicted octanol–water partition coefficient (Wildman–Crippen LogP) is 4.38. The van der Waals surface area contributed by atoms with Gasteiger partial charge in [-0.25, -0.2) is 0 Å². The number of benzene rings is 2. The lowest BCUT2D eigenvalue weighted by Crippen LogP contribution is -2.31. The van der Waals surface area contributed by atoms with Crippen molar-refractivity contribution >= 4 is 21.8 Å². The molecular formula is C25H25N3O3. The fourth-order valence-electron chi connectivity index (χ4n) is 4.45. The quantitative estimate of drug-likeness (QED) is 0.487. The molecule has 1 fully saturated rings. The topological polar surface area (TPSA) is 78.7 Å². The molecule has 0 aliphatic carbocycles. The Morgan fingerprint density at radius 2 is 1.42 bits per heavy atom. The van der Waals surface area contributed by atoms with Crippen molar-refractivity contribution in [1.82, 2.24) is 14.9 Å². The second kappa shape index (κ2) is 8.49. The smallest absolute Gasteiger partial charge is 0.141 e. The van der Waals surface area contributed by atoms with E-state index in [9.17, 15) is 10.2 Å². The summed E-state index contributed by atoms with van der Waals surface area (Å²) in [5.74, 6) is 0.390. The Bertz CT molecular complexity index is 1130. The number of nitrogens with zero attached hydrogens (tertiary/aromatic N) is 3. The van der Waals surface area contributed by atoms with E-state index < -0.39 is 0 Å². The summed E-state index contributed by atoms with van der Waals surface area (Å²) in [6.45, 7) is 3.03. The van der Waals surface area contributed by atoms with Crippen LogP contribution < -0.4 is 0 Å². The SMILES string of the molecule is Oc1ccc(CN(Cc2ccc(O)c3ncccc23)CC2CCCO2)c2cccnc12. The highest BCUT2D eigenvalue weighted by atomic mass is 16.5. The third-order valence-electron chi connectivity index (χ3n) is 5.95. The van der Waals surface area contributed by atoms with Crippen LogP contribution in [0, 0.1) is 0 Å². The first kappa shape index (κ1) is 19.7. The van der Waals surface area contributed by atoms with Crippen LogP contribution in [0.1, 0.15) is 24.0 Å². The summed E-state index contributed by atoms with van der Waals surface area (Å²) in [4.78, 5) is 11.1. The van der Waals surface area contributed by atoms with Crippen LogP contribution in [-0.4, -0.2) is 44.3 Å². The molecule has 1 aliphatic heterocycles. The molecule has 158 valence electrons. The van der Waals surface area contributed by atoms with Crippen LogP contribution in [0.2, 0.25) is 0 Å². The molecule has 2 N–H and O–H groups in total. The minimum Gasteiger partial charge on any atom is -0.506 e. The minimum atomic E-state index is 0.195. The van der Waals surface area contributed by atoms with Gasteiger partial charge in [0.2, 0.25) is 0 Å². The molecule has 4 aromatic rings. The number of fused-ring (bicyclic) bond motifs is 2. The zero-order valence-electron chi connectivity index (χ0n) is 17.2. The van der Waals surface area contributed by atoms with Gasteiger partial charge < -0.3 is 14.9 Å². The summed E-state index contributed by atoms with van der Waals surface area (Å²) in [5.41, 5.74) is 3.47. The van der Waals surface area contributed by atoms with Gasteiger partial charge in [-0.05, 0) is 48.2 Å². The van der Waals surface area contributed by atoms with Gasteiger partial charge >= 0.3 is 0 Å². The van der Waals surface area contributed by atoms with Gasteiger partial charge in [0.05, 0.1) is 6.10 Å². The normalized spacial score (nSPS) is 16.5. The molecule has 6 nitrogen and oxygen atoms in total. The molecule has 1 unspecified atom stereocenters. The highest BCUT2D eigenvalue weighted by Gasteiger charge is 2.21. The number of phenolic OH excluding ortho intramolecular Hbond substituents is 2. The summed E-state index contributed by atoms with van der Waals surface area (Å²) >= 11 is 0. The standard InChI is InChI=1S/C25H25N3O3/c29-22-9-7-17(20-5-1-11-26-24(20)22)14-28(16-19-4-3-13-31-19)15-18-8-10-23(30)25-21(18)6-2-12-27-25/h1-2,5-12,19,29-30H,3-4,13-16H2. The van der Waals surface area contributed by atoms with Crippen molar-refractivity contribution in [3.63, 3.8) is 0 Å². The number of rotatable bonds is 6. The van der Waals surface area contributed by atoms with E-state index in [1.807, 2.05) is 36.4 Å². The van der Waals surface area contributed by atoms with Crippen molar-refractivity contribution in [2.24, 2.45) is 0 Å². The molecular weight excluding hydrogens is 390 g/mol. The van der Waals surface area contributed by atoms with E-state index >= 15 is 0 Å². The number of hydrogen-bond donors (Lipinski definition) is 2. The second-order valence-corrected chi connectivity index (χ2v) is 8.09. The van der Waals surface area contributed by atoms with Crippen molar-refractivity contribution in [3.8, 4) is 11.5 Å². The molecule has 1 saturated heterocycles. The zero-order chi connectivity index (χ0) is 21.2. The maximum absolute atomic E-state index is 10.2. The maximum atomic E-state index is 10.2. The third-order valence-corrected chi connectivity index (χ3v) is 5.95. The lowest BCUT2D eigenvalue weighted by atomic mass is 10.0. The van der Waals surface area contributed by atoms with Crippen LogP contribution in [0.3, 0.4) is 0 Å². The van der Waals surface area contributed by atoms with Crippen LogP contribution in [0.15, 0.2) is 60.9 Å². The van der Waals surface area contributed by atoms with Crippen molar-refractivity contribution in [1.29, 1.82) is 0 Å². The molecule has 2 aromatic carbocycles. The lowest BCUT2D eigenvalue weighted by molar-refractivity contribution is 0.0682. The number of ether oxygens (including phenoxy) is 1. The van der Waals surface area contributed by atoms with E-state index in [4.69, 9.17) is 4.74 Å². The van der Waals surface area contributed by atoms with Crippen molar-refractivity contribution in [2.75, 3.05) is 13.2 Å². The van der Waals surface area contributed by atoms with Crippen molar-refractivity contribution < 1.29 is 14.9 Å². The van der Waals surface area contributed by atoms with E-state index in [1.54, 1.807) is 24.5 Å². The molecule has 1 aliphatic rings. The van der Waals surface area contributed by atoms with E-state index in [0.29, 0.717) is 24.1 Å². The fourth-order valence-corrected chi connectivity index (χ4v) is 4.45. The van der Waals surface area contributed by atoms with Gasteiger partial charge in [-0.2, -0.15) is 0 Å². The average Bonchev–Trinajstić information content (AvgIpc) is 3.31. The van der Waals surface area contributed by atoms with E-state index in [1.165, 1.54) is 0 Å². The van der Waals surface area contributed by atoms with Gasteiger partial charge in [0.15, 0.2) is 0 Å². The minimum absolute atomic E-state index is 0.195. The first-order valence-electron chi connectivity index (χ1n) is 10.6. The van der Waals surface area contributed by atoms with Gasteiger partial charge in [0.1, 0.15) is 22.5 Å². The second-order valence-electron chi connectivity index (χ2n) is 8.09. The maximum Gasteiger partial charge on any atom is 0.141 e. The van der Waals surface area contributed by atoms with Crippen LogP contribution in [-0.2, 0) is 17.8 Å². The summed E-state index contributed by atoms with van der Waals surface area (Å²) in [5, 5.41) is 22.3. The van der Waals surface area contributed by atoms with Crippen LogP contribution >= 0.6 is 0 Å². The zero-order valence-corrected chi connectivity index (χ0v) is 17.2. The first-order valence-corrected chi connectivity index (χ1v) is 10.6. The summed E-state index contributed by atoms with van der Waals surface area (Å²) < 4.78 is 5.93. The van der Waals surface area contributed by atoms with Gasteiger partial charge in [0, 0.05) is 49.4 Å². The number of hydrogen-bond acceptors (Lipinski definition) is 6. The molecule has 3 heterocycles. The molecule has 0 radical (unpaired) electrons. The Hall–Kier alpha value is -3.22. The monoisotopic (exact) mass is 415 g/mol. The largest absolute Gasteiger partial charge is 0.506 e. The van der Waals surface area contributed by atoms with Crippen molar-refractivity contribution in [3.05, 3.63) is 72.1 Å². The predicted molar refractivity (Wildman–Crippen MR) is 120 cm³/mol. The average molecular weight is 415 g/mol. The molecule has 31 heavy (non-hydrogen) atoms. The Labute approximate surface area is 180 Å². The number of aromatic nitrogens is 2. The van der Waals surface area contributed by atoms with Gasteiger partial charge in [0.25, 0.3) is 0 Å². The molecule has 1 atom stereocenters. The van der Waals surface area contributed by atoms with Crippen LogP contribution in [0.5, 0.6) is 11.5 Å². The highest BCUT2D eigenvalue weighted by Crippen LogP contribution is 2.30. The Morgan fingerprint density at radius 3 is 1.94 bits per heavy atom. The van der Waals surface area contributed by atoms with E-state index in [2.05, 4.69) is 14.9 Å². The molecule has 0 saturated carbocycles. The molecule has 2 aromatic heterocycles. The number of pyridine rings is 2.